The minimum Gasteiger partial charge on any atom is -0.212 e. The van der Waals surface area contributed by atoms with Gasteiger partial charge < -0.3 is 0 Å². The van der Waals surface area contributed by atoms with E-state index in [0.717, 1.165) is 0 Å². The van der Waals surface area contributed by atoms with E-state index in [2.05, 4.69) is 0 Å². The molecule has 0 radical (unpaired) electrons. The molecular weight excluding hydrogens is 86.1 g/mol. The predicted octanol–water partition coefficient (Wildman–Crippen LogP) is 1.25. The van der Waals surface area contributed by atoms with E-state index < -0.39 is 0 Å². The number of rotatable bonds is 1. The van der Waals surface area contributed by atoms with Gasteiger partial charge in [-0.15, -0.1) is 0 Å². The highest BCUT2D eigenvalue weighted by atomic mass is 14.9. The highest BCUT2D eigenvalue weighted by molar-refractivity contribution is 5.46. The summed E-state index contributed by atoms with van der Waals surface area (Å²) in [4.78, 5) is 0. The highest BCUT2D eigenvalue weighted by Gasteiger charge is 1.75. The van der Waals surface area contributed by atoms with Gasteiger partial charge in [0, 0.05) is 6.92 Å². The van der Waals surface area contributed by atoms with Gasteiger partial charge in [0.05, 0.1) is 0 Å². The average molecular weight is 98.2 g/mol. The molecule has 40 valence electrons. The standard InChI is InChI=1S/C6H12N/c1-4-6-7(3)5-2/h4-6H,1-3H3/q+1/b6-4-,7-5-. The second-order valence-corrected chi connectivity index (χ2v) is 1.41. The van der Waals surface area contributed by atoms with Gasteiger partial charge in [-0.3, -0.25) is 0 Å². The zero-order valence-corrected chi connectivity index (χ0v) is 5.18. The van der Waals surface area contributed by atoms with Crippen LogP contribution >= 0.6 is 0 Å². The fourth-order valence-electron chi connectivity index (χ4n) is 0.321. The van der Waals surface area contributed by atoms with E-state index >= 15 is 0 Å². The van der Waals surface area contributed by atoms with Crippen molar-refractivity contribution in [2.75, 3.05) is 7.05 Å². The zero-order valence-electron chi connectivity index (χ0n) is 5.18. The van der Waals surface area contributed by atoms with Crippen molar-refractivity contribution in [2.24, 2.45) is 0 Å². The molecule has 0 aromatic heterocycles. The molecule has 0 aromatic carbocycles. The summed E-state index contributed by atoms with van der Waals surface area (Å²) < 4.78 is 2.00. The van der Waals surface area contributed by atoms with Crippen LogP contribution in [0.15, 0.2) is 12.3 Å². The van der Waals surface area contributed by atoms with E-state index in [9.17, 15) is 0 Å². The minimum absolute atomic E-state index is 2.00. The van der Waals surface area contributed by atoms with Crippen molar-refractivity contribution in [3.63, 3.8) is 0 Å². The average Bonchev–Trinajstić information content (AvgIpc) is 1.68. The first-order chi connectivity index (χ1) is 3.31. The summed E-state index contributed by atoms with van der Waals surface area (Å²) in [7, 11) is 2.00. The van der Waals surface area contributed by atoms with Crippen LogP contribution in [0.25, 0.3) is 0 Å². The lowest BCUT2D eigenvalue weighted by molar-refractivity contribution is -0.417. The van der Waals surface area contributed by atoms with Gasteiger partial charge in [-0.25, -0.2) is 4.58 Å². The summed E-state index contributed by atoms with van der Waals surface area (Å²) in [6.07, 6.45) is 6.00. The summed E-state index contributed by atoms with van der Waals surface area (Å²) in [6.45, 7) is 4.00. The van der Waals surface area contributed by atoms with Gasteiger partial charge in [-0.05, 0) is 13.0 Å². The molecule has 0 spiro atoms. The van der Waals surface area contributed by atoms with Gasteiger partial charge >= 0.3 is 0 Å². The fraction of sp³-hybridized carbons (Fsp3) is 0.500. The smallest absolute Gasteiger partial charge is 0.163 e. The Morgan fingerprint density at radius 3 is 2.00 bits per heavy atom. The first-order valence-corrected chi connectivity index (χ1v) is 2.45. The number of hydrogen-bond acceptors (Lipinski definition) is 0. The van der Waals surface area contributed by atoms with E-state index in [1.807, 2.05) is 44.0 Å². The third-order valence-corrected chi connectivity index (χ3v) is 0.791. The van der Waals surface area contributed by atoms with Crippen LogP contribution in [-0.2, 0) is 0 Å². The molecule has 0 aliphatic heterocycles. The second kappa shape index (κ2) is 3.59. The van der Waals surface area contributed by atoms with Crippen molar-refractivity contribution in [3.05, 3.63) is 12.3 Å². The molecule has 0 unspecified atom stereocenters. The van der Waals surface area contributed by atoms with Crippen molar-refractivity contribution >= 4 is 6.21 Å². The Balaban J connectivity index is 3.58. The summed E-state index contributed by atoms with van der Waals surface area (Å²) in [5.41, 5.74) is 0. The van der Waals surface area contributed by atoms with Crippen molar-refractivity contribution in [1.29, 1.82) is 0 Å². The molecule has 1 heteroatoms. The zero-order chi connectivity index (χ0) is 5.70. The molecule has 0 amide bonds. The van der Waals surface area contributed by atoms with Crippen molar-refractivity contribution < 1.29 is 4.58 Å². The number of allylic oxidation sites excluding steroid dienone is 1. The molecule has 7 heavy (non-hydrogen) atoms. The molecular formula is C6H12N+. The Labute approximate surface area is 45.0 Å². The molecule has 0 aliphatic rings. The van der Waals surface area contributed by atoms with E-state index in [0.29, 0.717) is 0 Å². The summed E-state index contributed by atoms with van der Waals surface area (Å²) in [6, 6.07) is 0. The predicted molar refractivity (Wildman–Crippen MR) is 32.7 cm³/mol. The molecule has 0 rings (SSSR count). The summed E-state index contributed by atoms with van der Waals surface area (Å²) in [5, 5.41) is 0. The topological polar surface area (TPSA) is 3.01 Å². The van der Waals surface area contributed by atoms with E-state index in [1.165, 1.54) is 0 Å². The largest absolute Gasteiger partial charge is 0.212 e. The van der Waals surface area contributed by atoms with Crippen LogP contribution < -0.4 is 0 Å². The van der Waals surface area contributed by atoms with Gasteiger partial charge in [-0.2, -0.15) is 0 Å². The Bertz CT molecular complexity index is 90.4. The molecule has 0 N–H and O–H groups in total. The molecule has 0 saturated carbocycles. The van der Waals surface area contributed by atoms with Gasteiger partial charge in [0.1, 0.15) is 13.3 Å². The van der Waals surface area contributed by atoms with Crippen LogP contribution in [0.1, 0.15) is 13.8 Å². The van der Waals surface area contributed by atoms with Gasteiger partial charge in [0.2, 0.25) is 0 Å². The quantitative estimate of drug-likeness (QED) is 0.343. The normalized spacial score (nSPS) is 13.3. The van der Waals surface area contributed by atoms with Crippen molar-refractivity contribution in [1.82, 2.24) is 0 Å². The first kappa shape index (κ1) is 6.41. The number of hydrogen-bond donors (Lipinski definition) is 0. The van der Waals surface area contributed by atoms with Crippen LogP contribution in [-0.4, -0.2) is 17.8 Å². The molecule has 0 heterocycles. The Hall–Kier alpha value is -0.590. The van der Waals surface area contributed by atoms with Crippen LogP contribution in [0.5, 0.6) is 0 Å². The van der Waals surface area contributed by atoms with E-state index in [1.54, 1.807) is 0 Å². The van der Waals surface area contributed by atoms with Gasteiger partial charge in [-0.1, -0.05) is 0 Å². The summed E-state index contributed by atoms with van der Waals surface area (Å²) in [5.74, 6) is 0. The fourth-order valence-corrected chi connectivity index (χ4v) is 0.321. The first-order valence-electron chi connectivity index (χ1n) is 2.45. The van der Waals surface area contributed by atoms with Crippen LogP contribution in [0.4, 0.5) is 0 Å². The second-order valence-electron chi connectivity index (χ2n) is 1.41. The molecule has 0 aromatic rings. The van der Waals surface area contributed by atoms with Gasteiger partial charge in [0.25, 0.3) is 0 Å². The molecule has 0 aliphatic carbocycles. The maximum atomic E-state index is 2.00. The van der Waals surface area contributed by atoms with Crippen molar-refractivity contribution in [2.45, 2.75) is 13.8 Å². The lowest BCUT2D eigenvalue weighted by atomic mass is 10.7. The van der Waals surface area contributed by atoms with Crippen LogP contribution in [0.2, 0.25) is 0 Å². The van der Waals surface area contributed by atoms with Crippen LogP contribution in [0, 0.1) is 0 Å². The van der Waals surface area contributed by atoms with Gasteiger partial charge in [0.15, 0.2) is 6.20 Å². The molecule has 0 bridgehead atoms. The summed E-state index contributed by atoms with van der Waals surface area (Å²) >= 11 is 0. The van der Waals surface area contributed by atoms with Crippen LogP contribution in [0.3, 0.4) is 0 Å². The third-order valence-electron chi connectivity index (χ3n) is 0.791. The molecule has 1 nitrogen and oxygen atoms in total. The van der Waals surface area contributed by atoms with E-state index in [4.69, 9.17) is 0 Å². The Kier molecular flexibility index (Phi) is 3.29. The molecule has 0 fully saturated rings. The molecule has 0 saturated heterocycles. The molecule has 0 atom stereocenters. The van der Waals surface area contributed by atoms with Crippen molar-refractivity contribution in [3.8, 4) is 0 Å². The Morgan fingerprint density at radius 2 is 1.86 bits per heavy atom. The SMILES string of the molecule is C/C=C\[N+](C)=C/C. The lowest BCUT2D eigenvalue weighted by Gasteiger charge is -1.77. The monoisotopic (exact) mass is 98.1 g/mol. The maximum absolute atomic E-state index is 2.00. The number of nitrogens with zero attached hydrogens (tertiary/aromatic N) is 1. The maximum Gasteiger partial charge on any atom is 0.163 e. The third kappa shape index (κ3) is 3.23. The Morgan fingerprint density at radius 1 is 1.29 bits per heavy atom. The van der Waals surface area contributed by atoms with E-state index in [-0.39, 0.29) is 0 Å². The minimum atomic E-state index is 2.00. The lowest BCUT2D eigenvalue weighted by Crippen LogP contribution is -1.92. The highest BCUT2D eigenvalue weighted by Crippen LogP contribution is 1.67.